The molecule has 0 aliphatic carbocycles. The van der Waals surface area contributed by atoms with Crippen LogP contribution in [-0.2, 0) is 0 Å². The predicted molar refractivity (Wildman–Crippen MR) is 69.3 cm³/mol. The van der Waals surface area contributed by atoms with Crippen LogP contribution < -0.4 is 0 Å². The van der Waals surface area contributed by atoms with E-state index in [1.54, 1.807) is 0 Å². The number of aryl methyl sites for hydroxylation is 1. The van der Waals surface area contributed by atoms with Crippen molar-refractivity contribution in [2.45, 2.75) is 6.92 Å². The molecule has 0 radical (unpaired) electrons. The molecule has 0 fully saturated rings. The number of para-hydroxylation sites is 1. The van der Waals surface area contributed by atoms with Gasteiger partial charge in [-0.2, -0.15) is 4.73 Å². The summed E-state index contributed by atoms with van der Waals surface area (Å²) in [5, 5.41) is 11.3. The zero-order valence-electron chi connectivity index (χ0n) is 9.59. The van der Waals surface area contributed by atoms with Gasteiger partial charge in [0.05, 0.1) is 11.2 Å². The SMILES string of the molecule is Cc1c(-c2ccccc2)n(O)c2ccccc12. The highest BCUT2D eigenvalue weighted by atomic mass is 16.5. The highest BCUT2D eigenvalue weighted by Gasteiger charge is 2.14. The van der Waals surface area contributed by atoms with E-state index >= 15 is 0 Å². The fourth-order valence-electron chi connectivity index (χ4n) is 2.32. The maximum Gasteiger partial charge on any atom is 0.0908 e. The van der Waals surface area contributed by atoms with Gasteiger partial charge >= 0.3 is 0 Å². The lowest BCUT2D eigenvalue weighted by Gasteiger charge is -2.03. The molecule has 0 amide bonds. The minimum Gasteiger partial charge on any atom is -0.428 e. The molecule has 0 unspecified atom stereocenters. The Morgan fingerprint density at radius 1 is 0.882 bits per heavy atom. The van der Waals surface area contributed by atoms with Crippen LogP contribution in [0.15, 0.2) is 54.6 Å². The highest BCUT2D eigenvalue weighted by Crippen LogP contribution is 2.31. The van der Waals surface area contributed by atoms with E-state index in [0.29, 0.717) is 0 Å². The molecule has 1 aromatic heterocycles. The smallest absolute Gasteiger partial charge is 0.0908 e. The lowest BCUT2D eigenvalue weighted by Crippen LogP contribution is -1.93. The van der Waals surface area contributed by atoms with E-state index in [1.807, 2.05) is 61.5 Å². The molecule has 0 saturated carbocycles. The average Bonchev–Trinajstić information content (AvgIpc) is 2.64. The Balaban J connectivity index is 2.38. The van der Waals surface area contributed by atoms with E-state index in [0.717, 1.165) is 27.7 Å². The minimum absolute atomic E-state index is 0.851. The number of hydrogen-bond donors (Lipinski definition) is 1. The monoisotopic (exact) mass is 223 g/mol. The molecule has 2 aromatic carbocycles. The van der Waals surface area contributed by atoms with Crippen molar-refractivity contribution in [3.05, 3.63) is 60.2 Å². The summed E-state index contributed by atoms with van der Waals surface area (Å²) in [4.78, 5) is 0. The van der Waals surface area contributed by atoms with Gasteiger partial charge < -0.3 is 5.21 Å². The molecular formula is C15H13NO. The summed E-state index contributed by atoms with van der Waals surface area (Å²) in [6, 6.07) is 17.8. The Bertz CT molecular complexity index is 629. The summed E-state index contributed by atoms with van der Waals surface area (Å²) in [5.41, 5.74) is 3.86. The Labute approximate surface area is 99.7 Å². The molecule has 84 valence electrons. The summed E-state index contributed by atoms with van der Waals surface area (Å²) in [7, 11) is 0. The van der Waals surface area contributed by atoms with Crippen molar-refractivity contribution in [3.63, 3.8) is 0 Å². The lowest BCUT2D eigenvalue weighted by molar-refractivity contribution is 0.204. The van der Waals surface area contributed by atoms with E-state index in [9.17, 15) is 5.21 Å². The van der Waals surface area contributed by atoms with Gasteiger partial charge in [0.15, 0.2) is 0 Å². The molecule has 0 bridgehead atoms. The first-order valence-electron chi connectivity index (χ1n) is 5.64. The van der Waals surface area contributed by atoms with E-state index in [1.165, 1.54) is 4.73 Å². The highest BCUT2D eigenvalue weighted by molar-refractivity contribution is 5.91. The Kier molecular flexibility index (Phi) is 2.15. The third kappa shape index (κ3) is 1.41. The Morgan fingerprint density at radius 2 is 1.53 bits per heavy atom. The molecule has 0 aliphatic heterocycles. The third-order valence-corrected chi connectivity index (χ3v) is 3.15. The van der Waals surface area contributed by atoms with Gasteiger partial charge in [0.2, 0.25) is 0 Å². The van der Waals surface area contributed by atoms with Crippen LogP contribution in [0.5, 0.6) is 0 Å². The Morgan fingerprint density at radius 3 is 2.24 bits per heavy atom. The first-order chi connectivity index (χ1) is 8.29. The van der Waals surface area contributed by atoms with Gasteiger partial charge in [-0.15, -0.1) is 0 Å². The number of aromatic nitrogens is 1. The van der Waals surface area contributed by atoms with Crippen LogP contribution in [-0.4, -0.2) is 9.94 Å². The third-order valence-electron chi connectivity index (χ3n) is 3.15. The van der Waals surface area contributed by atoms with Crippen molar-refractivity contribution in [1.29, 1.82) is 0 Å². The molecule has 1 heterocycles. The zero-order valence-corrected chi connectivity index (χ0v) is 9.59. The van der Waals surface area contributed by atoms with Crippen LogP contribution >= 0.6 is 0 Å². The normalized spacial score (nSPS) is 10.9. The summed E-state index contributed by atoms with van der Waals surface area (Å²) >= 11 is 0. The average molecular weight is 223 g/mol. The van der Waals surface area contributed by atoms with Crippen molar-refractivity contribution in [3.8, 4) is 11.3 Å². The molecule has 1 N–H and O–H groups in total. The molecule has 0 atom stereocenters. The van der Waals surface area contributed by atoms with Gasteiger partial charge in [0.25, 0.3) is 0 Å². The quantitative estimate of drug-likeness (QED) is 0.623. The van der Waals surface area contributed by atoms with Gasteiger partial charge in [0, 0.05) is 10.9 Å². The van der Waals surface area contributed by atoms with Crippen molar-refractivity contribution >= 4 is 10.9 Å². The largest absolute Gasteiger partial charge is 0.428 e. The number of rotatable bonds is 1. The van der Waals surface area contributed by atoms with Crippen LogP contribution in [0.1, 0.15) is 5.56 Å². The van der Waals surface area contributed by atoms with E-state index in [2.05, 4.69) is 0 Å². The zero-order chi connectivity index (χ0) is 11.8. The van der Waals surface area contributed by atoms with Crippen molar-refractivity contribution in [2.75, 3.05) is 0 Å². The minimum atomic E-state index is 0.851. The summed E-state index contributed by atoms with van der Waals surface area (Å²) in [5.74, 6) is 0. The van der Waals surface area contributed by atoms with Crippen molar-refractivity contribution < 1.29 is 5.21 Å². The van der Waals surface area contributed by atoms with Crippen LogP contribution in [0.25, 0.3) is 22.2 Å². The second-order valence-corrected chi connectivity index (χ2v) is 4.17. The molecule has 0 spiro atoms. The van der Waals surface area contributed by atoms with E-state index in [-0.39, 0.29) is 0 Å². The fraction of sp³-hybridized carbons (Fsp3) is 0.0667. The predicted octanol–water partition coefficient (Wildman–Crippen LogP) is 3.85. The molecule has 2 nitrogen and oxygen atoms in total. The topological polar surface area (TPSA) is 25.2 Å². The van der Waals surface area contributed by atoms with Crippen molar-refractivity contribution in [1.82, 2.24) is 4.73 Å². The summed E-state index contributed by atoms with van der Waals surface area (Å²) < 4.78 is 1.28. The maximum atomic E-state index is 10.2. The van der Waals surface area contributed by atoms with Crippen LogP contribution in [0.3, 0.4) is 0 Å². The number of benzene rings is 2. The van der Waals surface area contributed by atoms with Crippen LogP contribution in [0, 0.1) is 6.92 Å². The van der Waals surface area contributed by atoms with Crippen LogP contribution in [0.4, 0.5) is 0 Å². The lowest BCUT2D eigenvalue weighted by atomic mass is 10.1. The van der Waals surface area contributed by atoms with E-state index < -0.39 is 0 Å². The van der Waals surface area contributed by atoms with Gasteiger partial charge in [-0.3, -0.25) is 0 Å². The fourth-order valence-corrected chi connectivity index (χ4v) is 2.32. The first-order valence-corrected chi connectivity index (χ1v) is 5.64. The standard InChI is InChI=1S/C15H13NO/c1-11-13-9-5-6-10-14(13)16(17)15(11)12-7-3-2-4-8-12/h2-10,17H,1H3. The molecule has 3 rings (SSSR count). The van der Waals surface area contributed by atoms with E-state index in [4.69, 9.17) is 0 Å². The second-order valence-electron chi connectivity index (χ2n) is 4.17. The summed E-state index contributed by atoms with van der Waals surface area (Å²) in [6.07, 6.45) is 0. The number of hydrogen-bond acceptors (Lipinski definition) is 1. The molecule has 0 aliphatic rings. The van der Waals surface area contributed by atoms with Gasteiger partial charge in [0.1, 0.15) is 0 Å². The molecule has 2 heteroatoms. The second kappa shape index (κ2) is 3.67. The first kappa shape index (κ1) is 9.97. The van der Waals surface area contributed by atoms with Crippen molar-refractivity contribution in [2.24, 2.45) is 0 Å². The molecule has 17 heavy (non-hydrogen) atoms. The molecule has 3 aromatic rings. The van der Waals surface area contributed by atoms with Gasteiger partial charge in [-0.1, -0.05) is 48.5 Å². The Hall–Kier alpha value is -2.22. The van der Waals surface area contributed by atoms with Crippen LogP contribution in [0.2, 0.25) is 0 Å². The van der Waals surface area contributed by atoms with Gasteiger partial charge in [-0.25, -0.2) is 0 Å². The number of nitrogens with zero attached hydrogens (tertiary/aromatic N) is 1. The van der Waals surface area contributed by atoms with Gasteiger partial charge in [-0.05, 0) is 18.6 Å². The molecule has 0 saturated heterocycles. The summed E-state index contributed by atoms with van der Waals surface area (Å²) in [6.45, 7) is 2.04. The maximum absolute atomic E-state index is 10.2. The number of fused-ring (bicyclic) bond motifs is 1. The molecular weight excluding hydrogens is 210 g/mol.